The Bertz CT molecular complexity index is 1170. The molecule has 200 valence electrons. The molecule has 5 aliphatic rings. The summed E-state index contributed by atoms with van der Waals surface area (Å²) < 4.78 is 0. The highest BCUT2D eigenvalue weighted by molar-refractivity contribution is 5.86. The Labute approximate surface area is 222 Å². The number of allylic oxidation sites excluding steroid dienone is 2. The van der Waals surface area contributed by atoms with E-state index in [4.69, 9.17) is 0 Å². The number of aliphatic hydroxyl groups is 1. The van der Waals surface area contributed by atoms with Crippen LogP contribution in [0, 0.1) is 28.6 Å². The van der Waals surface area contributed by atoms with E-state index in [1.807, 2.05) is 4.90 Å². The van der Waals surface area contributed by atoms with Crippen molar-refractivity contribution in [3.05, 3.63) is 53.6 Å². The topological polar surface area (TPSA) is 64.6 Å². The first kappa shape index (κ1) is 24.9. The molecule has 1 aromatic rings. The molecular formula is C32H45N3O2. The van der Waals surface area contributed by atoms with Gasteiger partial charge in [0.2, 0.25) is 11.8 Å². The maximum absolute atomic E-state index is 13.5. The molecule has 5 heteroatoms. The van der Waals surface area contributed by atoms with E-state index in [0.717, 1.165) is 18.5 Å². The van der Waals surface area contributed by atoms with Crippen LogP contribution in [0.25, 0.3) is 0 Å². The van der Waals surface area contributed by atoms with E-state index in [1.165, 1.54) is 36.8 Å². The van der Waals surface area contributed by atoms with Gasteiger partial charge in [0.25, 0.3) is 0 Å². The predicted molar refractivity (Wildman–Crippen MR) is 149 cm³/mol. The number of carbonyl (C=O) groups excluding carboxylic acids is 1. The third-order valence-electron chi connectivity index (χ3n) is 11.0. The Balaban J connectivity index is 1.45. The molecule has 3 aliphatic heterocycles. The van der Waals surface area contributed by atoms with Gasteiger partial charge < -0.3 is 20.6 Å². The molecular weight excluding hydrogens is 458 g/mol. The molecule has 3 heterocycles. The van der Waals surface area contributed by atoms with Crippen molar-refractivity contribution >= 4 is 11.6 Å². The molecule has 0 radical (unpaired) electrons. The number of rotatable bonds is 4. The average molecular weight is 504 g/mol. The van der Waals surface area contributed by atoms with Crippen LogP contribution in [0.4, 0.5) is 5.69 Å². The van der Waals surface area contributed by atoms with Gasteiger partial charge in [0.05, 0.1) is 5.70 Å². The summed E-state index contributed by atoms with van der Waals surface area (Å²) in [5, 5.41) is 18.4. The normalized spacial score (nSPS) is 38.1. The van der Waals surface area contributed by atoms with Gasteiger partial charge in [0, 0.05) is 11.1 Å². The first-order valence-corrected chi connectivity index (χ1v) is 14.5. The van der Waals surface area contributed by atoms with Gasteiger partial charge in [-0.2, -0.15) is 0 Å². The zero-order valence-corrected chi connectivity index (χ0v) is 23.4. The van der Waals surface area contributed by atoms with E-state index in [1.54, 1.807) is 0 Å². The Morgan fingerprint density at radius 1 is 1.19 bits per heavy atom. The van der Waals surface area contributed by atoms with E-state index in [9.17, 15) is 9.90 Å². The van der Waals surface area contributed by atoms with Crippen LogP contribution in [0.2, 0.25) is 0 Å². The fraction of sp³-hybridized carbons (Fsp3) is 0.656. The monoisotopic (exact) mass is 503 g/mol. The molecule has 2 aliphatic carbocycles. The van der Waals surface area contributed by atoms with Crippen LogP contribution in [0.3, 0.4) is 0 Å². The number of hydrogen-bond acceptors (Lipinski definition) is 4. The second kappa shape index (κ2) is 8.28. The molecule has 0 aromatic heterocycles. The lowest BCUT2D eigenvalue weighted by atomic mass is 9.46. The number of carbonyl (C=O) groups is 1. The molecule has 3 fully saturated rings. The third-order valence-corrected chi connectivity index (χ3v) is 11.0. The second-order valence-corrected chi connectivity index (χ2v) is 14.1. The van der Waals surface area contributed by atoms with Crippen LogP contribution < -0.4 is 10.6 Å². The van der Waals surface area contributed by atoms with Crippen molar-refractivity contribution in [1.82, 2.24) is 10.2 Å². The number of nitrogens with zero attached hydrogens (tertiary/aromatic N) is 1. The Morgan fingerprint density at radius 3 is 2.70 bits per heavy atom. The summed E-state index contributed by atoms with van der Waals surface area (Å²) in [4.78, 5) is 15.5. The van der Waals surface area contributed by atoms with Gasteiger partial charge in [-0.25, -0.2) is 0 Å². The molecule has 1 aromatic carbocycles. The molecule has 1 amide bonds. The highest BCUT2D eigenvalue weighted by atomic mass is 16.3. The van der Waals surface area contributed by atoms with Gasteiger partial charge in [-0.1, -0.05) is 71.4 Å². The maximum Gasteiger partial charge on any atom is 0.247 e. The number of amides is 1. The van der Waals surface area contributed by atoms with Gasteiger partial charge >= 0.3 is 0 Å². The molecule has 0 bridgehead atoms. The fourth-order valence-electron chi connectivity index (χ4n) is 9.46. The highest BCUT2D eigenvalue weighted by Gasteiger charge is 2.64. The van der Waals surface area contributed by atoms with Crippen LogP contribution in [-0.4, -0.2) is 28.1 Å². The minimum absolute atomic E-state index is 0.0202. The Kier molecular flexibility index (Phi) is 5.57. The predicted octanol–water partition coefficient (Wildman–Crippen LogP) is 6.84. The maximum atomic E-state index is 13.5. The molecule has 2 saturated carbocycles. The highest BCUT2D eigenvalue weighted by Crippen LogP contribution is 2.65. The zero-order valence-electron chi connectivity index (χ0n) is 23.4. The van der Waals surface area contributed by atoms with Crippen molar-refractivity contribution in [1.29, 1.82) is 0 Å². The number of nitrogens with one attached hydrogen (secondary N) is 2. The summed E-state index contributed by atoms with van der Waals surface area (Å²) in [6.07, 6.45) is 8.35. The lowest BCUT2D eigenvalue weighted by molar-refractivity contribution is -0.126. The van der Waals surface area contributed by atoms with Crippen molar-refractivity contribution in [3.63, 3.8) is 0 Å². The van der Waals surface area contributed by atoms with Crippen molar-refractivity contribution in [3.8, 4) is 0 Å². The smallest absolute Gasteiger partial charge is 0.247 e. The van der Waals surface area contributed by atoms with E-state index < -0.39 is 0 Å². The van der Waals surface area contributed by atoms with Gasteiger partial charge in [-0.3, -0.25) is 4.79 Å². The number of para-hydroxylation sites is 1. The molecule has 5 nitrogen and oxygen atoms in total. The van der Waals surface area contributed by atoms with Crippen LogP contribution in [-0.2, 0) is 10.2 Å². The number of hydrogen-bond donors (Lipinski definition) is 3. The number of fused-ring (bicyclic) bond motifs is 6. The number of aliphatic hydroxyl groups excluding tert-OH is 1. The Morgan fingerprint density at radius 2 is 1.95 bits per heavy atom. The zero-order chi connectivity index (χ0) is 26.3. The summed E-state index contributed by atoms with van der Waals surface area (Å²) in [6.45, 7) is 16.4. The number of anilines is 1. The lowest BCUT2D eigenvalue weighted by Crippen LogP contribution is -2.54. The van der Waals surface area contributed by atoms with E-state index >= 15 is 0 Å². The van der Waals surface area contributed by atoms with Gasteiger partial charge in [0.15, 0.2) is 0 Å². The summed E-state index contributed by atoms with van der Waals surface area (Å²) in [5.74, 6) is 1.68. The van der Waals surface area contributed by atoms with E-state index in [2.05, 4.69) is 76.1 Å². The molecule has 0 spiro atoms. The van der Waals surface area contributed by atoms with Gasteiger partial charge in [0.1, 0.15) is 12.2 Å². The van der Waals surface area contributed by atoms with E-state index in [-0.39, 0.29) is 34.8 Å². The number of benzene rings is 1. The summed E-state index contributed by atoms with van der Waals surface area (Å²) in [5.41, 5.74) is 4.78. The van der Waals surface area contributed by atoms with Crippen LogP contribution in [0.15, 0.2) is 48.0 Å². The van der Waals surface area contributed by atoms with Gasteiger partial charge in [-0.05, 0) is 85.2 Å². The standard InChI is InChI=1S/C32H45N3O2/c1-19(2)16-24-28(37)35-25(27(36)33-24)18-32(21-10-7-8-11-23(21)34-29(32)35)17-22-20(3)12-13-26-30(4,5)14-9-15-31(22,26)6/h7-8,10-11,19,22,25-26,29,34,37H,3,9,12-18H2,1-2,4-6H3,(H,33,36)/t22-,25?,26-,29?,31+,32?/m0/s1. The molecule has 3 unspecified atom stereocenters. The first-order chi connectivity index (χ1) is 17.5. The fourth-order valence-corrected chi connectivity index (χ4v) is 9.46. The second-order valence-electron chi connectivity index (χ2n) is 14.1. The van der Waals surface area contributed by atoms with Crippen molar-refractivity contribution in [2.75, 3.05) is 5.32 Å². The average Bonchev–Trinajstić information content (AvgIpc) is 3.30. The van der Waals surface area contributed by atoms with Crippen LogP contribution in [0.5, 0.6) is 0 Å². The molecule has 6 rings (SSSR count). The van der Waals surface area contributed by atoms with Crippen molar-refractivity contribution < 1.29 is 9.90 Å². The minimum atomic E-state index is -0.370. The summed E-state index contributed by atoms with van der Waals surface area (Å²) in [7, 11) is 0. The van der Waals surface area contributed by atoms with Crippen LogP contribution >= 0.6 is 0 Å². The van der Waals surface area contributed by atoms with E-state index in [0.29, 0.717) is 41.7 Å². The third kappa shape index (κ3) is 3.51. The van der Waals surface area contributed by atoms with Crippen molar-refractivity contribution in [2.24, 2.45) is 28.6 Å². The quantitative estimate of drug-likeness (QED) is 0.394. The molecule has 1 saturated heterocycles. The molecule has 6 atom stereocenters. The van der Waals surface area contributed by atoms with Gasteiger partial charge in [-0.15, -0.1) is 0 Å². The van der Waals surface area contributed by atoms with Crippen LogP contribution in [0.1, 0.15) is 91.5 Å². The molecule has 37 heavy (non-hydrogen) atoms. The first-order valence-electron chi connectivity index (χ1n) is 14.5. The summed E-state index contributed by atoms with van der Waals surface area (Å²) in [6, 6.07) is 8.26. The van der Waals surface area contributed by atoms with Crippen molar-refractivity contribution in [2.45, 2.75) is 104 Å². The minimum Gasteiger partial charge on any atom is -0.493 e. The lowest BCUT2D eigenvalue weighted by Gasteiger charge is -2.59. The summed E-state index contributed by atoms with van der Waals surface area (Å²) >= 11 is 0. The Hall–Kier alpha value is -2.43. The molecule has 3 N–H and O–H groups in total. The largest absolute Gasteiger partial charge is 0.493 e. The SMILES string of the molecule is C=C1CC[C@H]2C(C)(C)CCC[C@]2(C)[C@H]1CC12CC3C(=O)NC(CC(C)C)=C(O)N3C1Nc1ccccc12.